The average Bonchev–Trinajstić information content (AvgIpc) is 2.77. The van der Waals surface area contributed by atoms with E-state index in [0.717, 1.165) is 27.4 Å². The lowest BCUT2D eigenvalue weighted by atomic mass is 10.1. The van der Waals surface area contributed by atoms with Crippen LogP contribution < -0.4 is 0 Å². The van der Waals surface area contributed by atoms with Gasteiger partial charge in [0.2, 0.25) is 0 Å². The number of nitrogens with zero attached hydrogens (tertiary/aromatic N) is 2. The molecule has 3 aromatic rings. The van der Waals surface area contributed by atoms with Crippen molar-refractivity contribution in [3.63, 3.8) is 0 Å². The van der Waals surface area contributed by atoms with E-state index in [9.17, 15) is 4.79 Å². The Balaban J connectivity index is 2.37. The van der Waals surface area contributed by atoms with Gasteiger partial charge in [-0.15, -0.1) is 0 Å². The van der Waals surface area contributed by atoms with E-state index in [1.807, 2.05) is 25.1 Å². The third-order valence-electron chi connectivity index (χ3n) is 3.40. The van der Waals surface area contributed by atoms with E-state index in [1.165, 1.54) is 0 Å². The molecule has 96 valence electrons. The summed E-state index contributed by atoms with van der Waals surface area (Å²) < 4.78 is 0. The Labute approximate surface area is 111 Å². The van der Waals surface area contributed by atoms with Crippen LogP contribution in [-0.2, 0) is 0 Å². The summed E-state index contributed by atoms with van der Waals surface area (Å²) in [5.74, 6) is -0.0651. The molecule has 4 nitrogen and oxygen atoms in total. The van der Waals surface area contributed by atoms with Gasteiger partial charge in [0.1, 0.15) is 5.69 Å². The van der Waals surface area contributed by atoms with Crippen molar-refractivity contribution in [1.29, 1.82) is 0 Å². The maximum absolute atomic E-state index is 12.1. The largest absolute Gasteiger partial charge is 0.353 e. The number of benzene rings is 1. The predicted molar refractivity (Wildman–Crippen MR) is 76.4 cm³/mol. The number of carbonyl (C=O) groups excluding carboxylic acids is 1. The molecule has 0 saturated heterocycles. The maximum atomic E-state index is 12.1. The number of para-hydroxylation sites is 1. The van der Waals surface area contributed by atoms with Crippen LogP contribution in [0.1, 0.15) is 16.1 Å². The molecule has 0 aliphatic rings. The average molecular weight is 253 g/mol. The number of hydrogen-bond donors (Lipinski definition) is 1. The third kappa shape index (κ3) is 1.68. The number of aryl methyl sites for hydroxylation is 1. The minimum absolute atomic E-state index is 0.0651. The van der Waals surface area contributed by atoms with Gasteiger partial charge in [0.15, 0.2) is 0 Å². The first-order valence-electron chi connectivity index (χ1n) is 6.17. The monoisotopic (exact) mass is 253 g/mol. The molecule has 1 amide bonds. The standard InChI is InChI=1S/C15H15N3O/c1-9-13-10-6-4-5-7-11(10)17-12(13)8-16-14(9)15(19)18(2)3/h4-8,17H,1-3H3. The molecule has 0 saturated carbocycles. The second-order valence-corrected chi connectivity index (χ2v) is 4.89. The third-order valence-corrected chi connectivity index (χ3v) is 3.40. The molecule has 0 unspecified atom stereocenters. The van der Waals surface area contributed by atoms with Gasteiger partial charge in [0.05, 0.1) is 11.7 Å². The highest BCUT2D eigenvalue weighted by Crippen LogP contribution is 2.28. The van der Waals surface area contributed by atoms with Gasteiger partial charge in [-0.1, -0.05) is 18.2 Å². The first-order valence-corrected chi connectivity index (χ1v) is 6.17. The second-order valence-electron chi connectivity index (χ2n) is 4.89. The molecule has 1 aromatic carbocycles. The first-order chi connectivity index (χ1) is 9.09. The Morgan fingerprint density at radius 2 is 1.95 bits per heavy atom. The highest BCUT2D eigenvalue weighted by molar-refractivity contribution is 6.11. The zero-order valence-electron chi connectivity index (χ0n) is 11.2. The van der Waals surface area contributed by atoms with Crippen molar-refractivity contribution >= 4 is 27.7 Å². The molecule has 2 aromatic heterocycles. The number of H-pyrrole nitrogens is 1. The first kappa shape index (κ1) is 11.7. The van der Waals surface area contributed by atoms with E-state index in [1.54, 1.807) is 25.2 Å². The molecule has 0 atom stereocenters. The number of hydrogen-bond acceptors (Lipinski definition) is 2. The normalized spacial score (nSPS) is 11.1. The van der Waals surface area contributed by atoms with E-state index in [-0.39, 0.29) is 5.91 Å². The number of carbonyl (C=O) groups is 1. The lowest BCUT2D eigenvalue weighted by molar-refractivity contribution is 0.0821. The van der Waals surface area contributed by atoms with Crippen LogP contribution in [0.3, 0.4) is 0 Å². The number of aromatic nitrogens is 2. The van der Waals surface area contributed by atoms with Gasteiger partial charge in [0, 0.05) is 30.4 Å². The van der Waals surface area contributed by atoms with Crippen molar-refractivity contribution in [1.82, 2.24) is 14.9 Å². The highest BCUT2D eigenvalue weighted by Gasteiger charge is 2.17. The van der Waals surface area contributed by atoms with Gasteiger partial charge in [-0.05, 0) is 18.6 Å². The predicted octanol–water partition coefficient (Wildman–Crippen LogP) is 2.73. The summed E-state index contributed by atoms with van der Waals surface area (Å²) in [5.41, 5.74) is 3.47. The van der Waals surface area contributed by atoms with E-state index in [2.05, 4.69) is 16.0 Å². The van der Waals surface area contributed by atoms with Crippen LogP contribution in [0.2, 0.25) is 0 Å². The smallest absolute Gasteiger partial charge is 0.272 e. The summed E-state index contributed by atoms with van der Waals surface area (Å²) >= 11 is 0. The zero-order valence-corrected chi connectivity index (χ0v) is 11.2. The summed E-state index contributed by atoms with van der Waals surface area (Å²) in [6.45, 7) is 1.95. The van der Waals surface area contributed by atoms with Crippen molar-refractivity contribution in [2.45, 2.75) is 6.92 Å². The van der Waals surface area contributed by atoms with Crippen molar-refractivity contribution in [3.05, 3.63) is 41.7 Å². The van der Waals surface area contributed by atoms with Crippen LogP contribution >= 0.6 is 0 Å². The zero-order chi connectivity index (χ0) is 13.6. The van der Waals surface area contributed by atoms with E-state index in [0.29, 0.717) is 5.69 Å². The number of fused-ring (bicyclic) bond motifs is 3. The molecular formula is C15H15N3O. The molecule has 0 aliphatic heterocycles. The molecule has 1 N–H and O–H groups in total. The molecule has 0 bridgehead atoms. The SMILES string of the molecule is Cc1c(C(=O)N(C)C)ncc2[nH]c3ccccc3c12. The van der Waals surface area contributed by atoms with Crippen molar-refractivity contribution < 1.29 is 4.79 Å². The summed E-state index contributed by atoms with van der Waals surface area (Å²) in [5, 5.41) is 2.21. The van der Waals surface area contributed by atoms with Crippen LogP contribution in [0.25, 0.3) is 21.8 Å². The summed E-state index contributed by atoms with van der Waals surface area (Å²) in [6, 6.07) is 8.09. The van der Waals surface area contributed by atoms with Crippen molar-refractivity contribution in [3.8, 4) is 0 Å². The van der Waals surface area contributed by atoms with Crippen molar-refractivity contribution in [2.75, 3.05) is 14.1 Å². The number of pyridine rings is 1. The molecule has 0 fully saturated rings. The fourth-order valence-electron chi connectivity index (χ4n) is 2.44. The minimum Gasteiger partial charge on any atom is -0.353 e. The Morgan fingerprint density at radius 3 is 2.68 bits per heavy atom. The van der Waals surface area contributed by atoms with Crippen LogP contribution in [0, 0.1) is 6.92 Å². The van der Waals surface area contributed by atoms with Crippen LogP contribution in [0.5, 0.6) is 0 Å². The number of amides is 1. The van der Waals surface area contributed by atoms with Crippen molar-refractivity contribution in [2.24, 2.45) is 0 Å². The van der Waals surface area contributed by atoms with Crippen LogP contribution in [0.15, 0.2) is 30.5 Å². The van der Waals surface area contributed by atoms with Gasteiger partial charge in [-0.3, -0.25) is 4.79 Å². The molecule has 19 heavy (non-hydrogen) atoms. The molecule has 2 heterocycles. The molecular weight excluding hydrogens is 238 g/mol. The number of aromatic amines is 1. The quantitative estimate of drug-likeness (QED) is 0.725. The fraction of sp³-hybridized carbons (Fsp3) is 0.200. The Bertz CT molecular complexity index is 787. The fourth-order valence-corrected chi connectivity index (χ4v) is 2.44. The molecule has 0 aliphatic carbocycles. The maximum Gasteiger partial charge on any atom is 0.272 e. The van der Waals surface area contributed by atoms with E-state index in [4.69, 9.17) is 0 Å². The lowest BCUT2D eigenvalue weighted by Gasteiger charge is -2.11. The van der Waals surface area contributed by atoms with Gasteiger partial charge in [0.25, 0.3) is 5.91 Å². The number of nitrogens with one attached hydrogen (secondary N) is 1. The highest BCUT2D eigenvalue weighted by atomic mass is 16.2. The summed E-state index contributed by atoms with van der Waals surface area (Å²) in [7, 11) is 3.48. The Kier molecular flexibility index (Phi) is 2.52. The topological polar surface area (TPSA) is 49.0 Å². The second kappa shape index (κ2) is 4.09. The van der Waals surface area contributed by atoms with Gasteiger partial charge >= 0.3 is 0 Å². The van der Waals surface area contributed by atoms with E-state index < -0.39 is 0 Å². The molecule has 0 radical (unpaired) electrons. The molecule has 4 heteroatoms. The lowest BCUT2D eigenvalue weighted by Crippen LogP contribution is -2.23. The van der Waals surface area contributed by atoms with Crippen LogP contribution in [-0.4, -0.2) is 34.9 Å². The molecule has 3 rings (SSSR count). The summed E-state index contributed by atoms with van der Waals surface area (Å²) in [4.78, 5) is 21.3. The summed E-state index contributed by atoms with van der Waals surface area (Å²) in [6.07, 6.45) is 1.74. The molecule has 0 spiro atoms. The Morgan fingerprint density at radius 1 is 1.21 bits per heavy atom. The van der Waals surface area contributed by atoms with Gasteiger partial charge in [-0.25, -0.2) is 4.98 Å². The van der Waals surface area contributed by atoms with Crippen LogP contribution in [0.4, 0.5) is 0 Å². The van der Waals surface area contributed by atoms with Gasteiger partial charge in [-0.2, -0.15) is 0 Å². The Hall–Kier alpha value is -2.36. The number of rotatable bonds is 1. The minimum atomic E-state index is -0.0651. The van der Waals surface area contributed by atoms with E-state index >= 15 is 0 Å². The van der Waals surface area contributed by atoms with Gasteiger partial charge < -0.3 is 9.88 Å².